The van der Waals surface area contributed by atoms with E-state index in [2.05, 4.69) is 22.2 Å². The van der Waals surface area contributed by atoms with E-state index in [4.69, 9.17) is 4.74 Å². The summed E-state index contributed by atoms with van der Waals surface area (Å²) in [4.78, 5) is 26.4. The molecule has 1 aromatic heterocycles. The van der Waals surface area contributed by atoms with Crippen molar-refractivity contribution in [2.75, 3.05) is 31.1 Å². The number of amides is 1. The molecule has 0 spiro atoms. The zero-order valence-corrected chi connectivity index (χ0v) is 15.9. The van der Waals surface area contributed by atoms with E-state index in [1.165, 1.54) is 11.1 Å². The predicted octanol–water partition coefficient (Wildman–Crippen LogP) is 1.46. The van der Waals surface area contributed by atoms with Crippen molar-refractivity contribution in [3.8, 4) is 0 Å². The van der Waals surface area contributed by atoms with Crippen LogP contribution in [0.5, 0.6) is 0 Å². The summed E-state index contributed by atoms with van der Waals surface area (Å²) < 4.78 is 7.16. The van der Waals surface area contributed by atoms with E-state index in [-0.39, 0.29) is 23.0 Å². The molecule has 1 N–H and O–H groups in total. The first-order chi connectivity index (χ1) is 12.5. The van der Waals surface area contributed by atoms with Gasteiger partial charge in [-0.3, -0.25) is 9.59 Å². The number of morpholine rings is 1. The van der Waals surface area contributed by atoms with Crippen LogP contribution in [-0.4, -0.2) is 48.0 Å². The minimum absolute atomic E-state index is 0.0484. The summed E-state index contributed by atoms with van der Waals surface area (Å²) in [6.45, 7) is 4.79. The molecule has 2 fully saturated rings. The first kappa shape index (κ1) is 18.9. The first-order valence-electron chi connectivity index (χ1n) is 9.66. The third-order valence-electron chi connectivity index (χ3n) is 5.71. The van der Waals surface area contributed by atoms with Gasteiger partial charge in [0.1, 0.15) is 0 Å². The molecule has 26 heavy (non-hydrogen) atoms. The molecule has 144 valence electrons. The van der Waals surface area contributed by atoms with Crippen LogP contribution in [0.2, 0.25) is 0 Å². The molecule has 7 nitrogen and oxygen atoms in total. The molecule has 1 aromatic rings. The Morgan fingerprint density at radius 2 is 2.15 bits per heavy atom. The molecular formula is C19H30N4O3. The van der Waals surface area contributed by atoms with Crippen LogP contribution < -0.4 is 15.8 Å². The average Bonchev–Trinajstić information content (AvgIpc) is 2.65. The Morgan fingerprint density at radius 1 is 1.38 bits per heavy atom. The van der Waals surface area contributed by atoms with Crippen molar-refractivity contribution in [2.24, 2.45) is 12.5 Å². The highest BCUT2D eigenvalue weighted by Gasteiger charge is 2.34. The highest BCUT2D eigenvalue weighted by Crippen LogP contribution is 2.35. The zero-order chi connectivity index (χ0) is 18.6. The van der Waals surface area contributed by atoms with Crippen LogP contribution in [-0.2, 0) is 16.6 Å². The molecule has 2 heterocycles. The summed E-state index contributed by atoms with van der Waals surface area (Å²) in [5, 5.41) is 7.20. The van der Waals surface area contributed by atoms with Crippen LogP contribution in [0.15, 0.2) is 17.1 Å². The maximum Gasteiger partial charge on any atom is 0.268 e. The molecule has 0 bridgehead atoms. The van der Waals surface area contributed by atoms with Crippen molar-refractivity contribution >= 4 is 11.6 Å². The first-order valence-corrected chi connectivity index (χ1v) is 9.66. The Balaban J connectivity index is 1.48. The van der Waals surface area contributed by atoms with Gasteiger partial charge in [-0.15, -0.1) is 0 Å². The van der Waals surface area contributed by atoms with Gasteiger partial charge in [0.05, 0.1) is 24.6 Å². The topological polar surface area (TPSA) is 76.5 Å². The molecule has 1 amide bonds. The summed E-state index contributed by atoms with van der Waals surface area (Å²) >= 11 is 0. The minimum Gasteiger partial charge on any atom is -0.374 e. The lowest BCUT2D eigenvalue weighted by molar-refractivity contribution is -0.132. The fraction of sp³-hybridized carbons (Fsp3) is 0.737. The number of nitrogens with one attached hydrogen (secondary N) is 1. The third kappa shape index (κ3) is 4.44. The van der Waals surface area contributed by atoms with E-state index in [0.29, 0.717) is 19.7 Å². The van der Waals surface area contributed by atoms with Gasteiger partial charge in [0.25, 0.3) is 5.56 Å². The second-order valence-electron chi connectivity index (χ2n) is 7.78. The Labute approximate surface area is 154 Å². The highest BCUT2D eigenvalue weighted by molar-refractivity contribution is 5.82. The Kier molecular flexibility index (Phi) is 5.96. The molecule has 1 aliphatic heterocycles. The van der Waals surface area contributed by atoms with Crippen LogP contribution >= 0.6 is 0 Å². The number of anilines is 1. The van der Waals surface area contributed by atoms with E-state index in [1.54, 1.807) is 19.3 Å². The van der Waals surface area contributed by atoms with Crippen molar-refractivity contribution in [1.29, 1.82) is 0 Å². The molecule has 1 saturated heterocycles. The highest BCUT2D eigenvalue weighted by atomic mass is 16.5. The lowest BCUT2D eigenvalue weighted by atomic mass is 9.75. The largest absolute Gasteiger partial charge is 0.374 e. The fourth-order valence-electron chi connectivity index (χ4n) is 3.88. The number of carbonyl (C=O) groups is 1. The van der Waals surface area contributed by atoms with Gasteiger partial charge in [-0.25, -0.2) is 4.68 Å². The number of rotatable bonds is 5. The minimum atomic E-state index is -0.201. The van der Waals surface area contributed by atoms with Gasteiger partial charge in [0, 0.05) is 38.2 Å². The van der Waals surface area contributed by atoms with Crippen molar-refractivity contribution < 1.29 is 9.53 Å². The number of aryl methyl sites for hydroxylation is 1. The number of aromatic nitrogens is 2. The van der Waals surface area contributed by atoms with Crippen molar-refractivity contribution in [3.05, 3.63) is 22.6 Å². The summed E-state index contributed by atoms with van der Waals surface area (Å²) in [6.07, 6.45) is 8.06. The molecular weight excluding hydrogens is 332 g/mol. The number of carbonyl (C=O) groups excluding carboxylic acids is 1. The van der Waals surface area contributed by atoms with Gasteiger partial charge < -0.3 is 15.0 Å². The van der Waals surface area contributed by atoms with Gasteiger partial charge in [0.15, 0.2) is 0 Å². The molecule has 2 aliphatic rings. The summed E-state index contributed by atoms with van der Waals surface area (Å²) in [5.74, 6) is 0.181. The summed E-state index contributed by atoms with van der Waals surface area (Å²) in [7, 11) is 1.64. The molecule has 1 saturated carbocycles. The van der Waals surface area contributed by atoms with Crippen LogP contribution in [0.3, 0.4) is 0 Å². The SMILES string of the molecule is Cn1ncc(N2CCO[C@H](CCNC(=O)C3(C)CCCCC3)C2)cc1=O. The quantitative estimate of drug-likeness (QED) is 0.858. The number of nitrogens with zero attached hydrogens (tertiary/aromatic N) is 3. The van der Waals surface area contributed by atoms with Gasteiger partial charge in [-0.05, 0) is 19.3 Å². The maximum absolute atomic E-state index is 12.5. The summed E-state index contributed by atoms with van der Waals surface area (Å²) in [6, 6.07) is 1.61. The second kappa shape index (κ2) is 8.20. The lowest BCUT2D eigenvalue weighted by Crippen LogP contribution is -2.45. The van der Waals surface area contributed by atoms with Gasteiger partial charge >= 0.3 is 0 Å². The van der Waals surface area contributed by atoms with Crippen molar-refractivity contribution in [3.63, 3.8) is 0 Å². The lowest BCUT2D eigenvalue weighted by Gasteiger charge is -2.35. The van der Waals surface area contributed by atoms with Crippen molar-refractivity contribution in [1.82, 2.24) is 15.1 Å². The van der Waals surface area contributed by atoms with E-state index in [0.717, 1.165) is 44.3 Å². The van der Waals surface area contributed by atoms with Crippen LogP contribution in [0.25, 0.3) is 0 Å². The van der Waals surface area contributed by atoms with Crippen LogP contribution in [0, 0.1) is 5.41 Å². The van der Waals surface area contributed by atoms with Crippen molar-refractivity contribution in [2.45, 2.75) is 51.6 Å². The maximum atomic E-state index is 12.5. The van der Waals surface area contributed by atoms with E-state index < -0.39 is 0 Å². The predicted molar refractivity (Wildman–Crippen MR) is 100 cm³/mol. The Bertz CT molecular complexity index is 682. The molecule has 0 unspecified atom stereocenters. The zero-order valence-electron chi connectivity index (χ0n) is 15.9. The number of ether oxygens (including phenoxy) is 1. The molecule has 1 aliphatic carbocycles. The average molecular weight is 362 g/mol. The molecule has 1 atom stereocenters. The number of hydrogen-bond acceptors (Lipinski definition) is 5. The fourth-order valence-corrected chi connectivity index (χ4v) is 3.88. The van der Waals surface area contributed by atoms with E-state index in [9.17, 15) is 9.59 Å². The Morgan fingerprint density at radius 3 is 2.88 bits per heavy atom. The summed E-state index contributed by atoms with van der Waals surface area (Å²) in [5.41, 5.74) is 0.520. The van der Waals surface area contributed by atoms with Gasteiger partial charge in [0.2, 0.25) is 5.91 Å². The third-order valence-corrected chi connectivity index (χ3v) is 5.71. The van der Waals surface area contributed by atoms with Gasteiger partial charge in [-0.2, -0.15) is 5.10 Å². The second-order valence-corrected chi connectivity index (χ2v) is 7.78. The smallest absolute Gasteiger partial charge is 0.268 e. The number of hydrogen-bond donors (Lipinski definition) is 1. The molecule has 7 heteroatoms. The van der Waals surface area contributed by atoms with E-state index >= 15 is 0 Å². The molecule has 0 radical (unpaired) electrons. The van der Waals surface area contributed by atoms with Crippen LogP contribution in [0.4, 0.5) is 5.69 Å². The van der Waals surface area contributed by atoms with Crippen LogP contribution in [0.1, 0.15) is 45.4 Å². The monoisotopic (exact) mass is 362 g/mol. The standard InChI is InChI=1S/C19H30N4O3/c1-19(7-4-3-5-8-19)18(25)20-9-6-16-14-23(10-11-26-16)15-12-17(24)22(2)21-13-15/h12-13,16H,3-11,14H2,1-2H3,(H,20,25)/t16-/m1/s1. The molecule has 3 rings (SSSR count). The molecule has 0 aromatic carbocycles. The van der Waals surface area contributed by atoms with Gasteiger partial charge in [-0.1, -0.05) is 26.2 Å². The van der Waals surface area contributed by atoms with E-state index in [1.807, 2.05) is 0 Å². The Hall–Kier alpha value is -1.89. The normalized spacial score (nSPS) is 22.8.